The Kier molecular flexibility index (Phi) is 7.26. The lowest BCUT2D eigenvalue weighted by atomic mass is 10.1. The minimum Gasteiger partial charge on any atom is -0.490 e. The molecule has 1 aliphatic carbocycles. The predicted molar refractivity (Wildman–Crippen MR) is 124 cm³/mol. The number of hydrogen-bond donors (Lipinski definition) is 2. The van der Waals surface area contributed by atoms with Gasteiger partial charge in [-0.25, -0.2) is 19.2 Å². The van der Waals surface area contributed by atoms with Crippen molar-refractivity contribution in [1.82, 2.24) is 20.6 Å². The first-order valence-electron chi connectivity index (χ1n) is 11.1. The van der Waals surface area contributed by atoms with E-state index >= 15 is 0 Å². The van der Waals surface area contributed by atoms with Gasteiger partial charge in [0.1, 0.15) is 4.99 Å². The third kappa shape index (κ3) is 5.98. The maximum atomic E-state index is 14.0. The van der Waals surface area contributed by atoms with Gasteiger partial charge in [-0.3, -0.25) is 4.90 Å². The number of carbonyl (C=O) groups is 1. The number of anilines is 1. The van der Waals surface area contributed by atoms with Gasteiger partial charge in [-0.1, -0.05) is 18.3 Å². The van der Waals surface area contributed by atoms with Gasteiger partial charge >= 0.3 is 6.03 Å². The fraction of sp³-hybridized carbons (Fsp3) is 0.478. The molecule has 0 bridgehead atoms. The average molecular weight is 458 g/mol. The van der Waals surface area contributed by atoms with Crippen molar-refractivity contribution in [2.24, 2.45) is 5.92 Å². The number of aryl methyl sites for hydroxylation is 1. The summed E-state index contributed by atoms with van der Waals surface area (Å²) in [7, 11) is 0. The van der Waals surface area contributed by atoms with E-state index in [1.165, 1.54) is 23.8 Å². The van der Waals surface area contributed by atoms with Crippen LogP contribution in [0.5, 0.6) is 5.75 Å². The number of rotatable bonds is 11. The fourth-order valence-corrected chi connectivity index (χ4v) is 3.73. The van der Waals surface area contributed by atoms with Crippen molar-refractivity contribution in [3.05, 3.63) is 47.5 Å². The molecule has 1 aliphatic heterocycles. The van der Waals surface area contributed by atoms with Crippen LogP contribution in [0.25, 0.3) is 0 Å². The highest BCUT2D eigenvalue weighted by Gasteiger charge is 2.27. The molecule has 9 heteroatoms. The minimum absolute atomic E-state index is 0.0991. The topological polar surface area (TPSA) is 79.4 Å². The van der Waals surface area contributed by atoms with Crippen LogP contribution in [-0.2, 0) is 6.42 Å². The second kappa shape index (κ2) is 10.3. The number of aromatic nitrogens is 2. The number of ether oxygens (including phenoxy) is 1. The monoisotopic (exact) mass is 457 g/mol. The maximum absolute atomic E-state index is 14.0. The van der Waals surface area contributed by atoms with E-state index < -0.39 is 0 Å². The van der Waals surface area contributed by atoms with E-state index in [2.05, 4.69) is 27.5 Å². The molecule has 32 heavy (non-hydrogen) atoms. The summed E-state index contributed by atoms with van der Waals surface area (Å²) in [5.74, 6) is 1.00. The van der Waals surface area contributed by atoms with Crippen molar-refractivity contribution in [2.45, 2.75) is 45.1 Å². The molecular weight excluding hydrogens is 429 g/mol. The van der Waals surface area contributed by atoms with Gasteiger partial charge in [0.2, 0.25) is 5.95 Å². The van der Waals surface area contributed by atoms with Crippen LogP contribution in [-0.4, -0.2) is 40.7 Å². The smallest absolute Gasteiger partial charge is 0.329 e. The summed E-state index contributed by atoms with van der Waals surface area (Å²) in [5, 5.41) is 6.08. The quantitative estimate of drug-likeness (QED) is 0.393. The Balaban J connectivity index is 1.21. The zero-order chi connectivity index (χ0) is 22.5. The Bertz CT molecular complexity index is 985. The second-order valence-corrected chi connectivity index (χ2v) is 8.86. The summed E-state index contributed by atoms with van der Waals surface area (Å²) in [6.07, 6.45) is 6.73. The highest BCUT2D eigenvalue weighted by Crippen LogP contribution is 2.31. The lowest BCUT2D eigenvalue weighted by Crippen LogP contribution is -2.29. The van der Waals surface area contributed by atoms with Gasteiger partial charge in [0.05, 0.1) is 13.2 Å². The average Bonchev–Trinajstić information content (AvgIpc) is 3.55. The normalized spacial score (nSPS) is 16.9. The van der Waals surface area contributed by atoms with Gasteiger partial charge in [-0.15, -0.1) is 0 Å². The number of carbonyl (C=O) groups excluding carboxylic acids is 1. The molecule has 2 aliphatic rings. The molecule has 1 saturated heterocycles. The molecule has 2 amide bonds. The molecule has 7 nitrogen and oxygen atoms in total. The molecule has 1 aromatic heterocycles. The standard InChI is InChI=1S/C23H28FN5O2S/c1-15(17-7-8-19(24)20(12-17)31-14-16-5-6-16)25-10-3-2-4-18-9-11-26-22(27-18)29-13-21(32)28-23(29)30/h7-9,11-12,15-16,25H,2-6,10,13-14H2,1H3,(H,28,30,32)/t15-/m1/s1. The number of urea groups is 1. The lowest BCUT2D eigenvalue weighted by molar-refractivity contribution is 0.253. The van der Waals surface area contributed by atoms with Gasteiger partial charge in [0.25, 0.3) is 0 Å². The van der Waals surface area contributed by atoms with E-state index in [0.29, 0.717) is 35.8 Å². The molecule has 170 valence electrons. The summed E-state index contributed by atoms with van der Waals surface area (Å²) < 4.78 is 19.7. The molecule has 4 rings (SSSR count). The van der Waals surface area contributed by atoms with Crippen molar-refractivity contribution >= 4 is 29.2 Å². The third-order valence-corrected chi connectivity index (χ3v) is 5.90. The van der Waals surface area contributed by atoms with Gasteiger partial charge in [-0.05, 0) is 75.3 Å². The van der Waals surface area contributed by atoms with E-state index in [9.17, 15) is 9.18 Å². The SMILES string of the molecule is C[C@@H](NCCCCc1ccnc(N2CC(=S)NC2=O)n1)c1ccc(F)c(OCC2CC2)c1. The highest BCUT2D eigenvalue weighted by molar-refractivity contribution is 7.80. The number of nitrogens with zero attached hydrogens (tertiary/aromatic N) is 3. The molecule has 1 aromatic carbocycles. The van der Waals surface area contributed by atoms with Crippen molar-refractivity contribution in [2.75, 3.05) is 24.6 Å². The Morgan fingerprint density at radius 1 is 1.34 bits per heavy atom. The number of halogens is 1. The number of amides is 2. The first-order valence-corrected chi connectivity index (χ1v) is 11.5. The van der Waals surface area contributed by atoms with E-state index in [4.69, 9.17) is 17.0 Å². The van der Waals surface area contributed by atoms with Gasteiger partial charge in [0.15, 0.2) is 11.6 Å². The summed E-state index contributed by atoms with van der Waals surface area (Å²) in [6.45, 7) is 3.82. The number of thiocarbonyl (C=S) groups is 1. The summed E-state index contributed by atoms with van der Waals surface area (Å²) in [5.41, 5.74) is 1.91. The Hall–Kier alpha value is -2.65. The Morgan fingerprint density at radius 3 is 2.94 bits per heavy atom. The van der Waals surface area contributed by atoms with Crippen LogP contribution >= 0.6 is 12.2 Å². The summed E-state index contributed by atoms with van der Waals surface area (Å²) >= 11 is 5.04. The van der Waals surface area contributed by atoms with Gasteiger partial charge < -0.3 is 15.4 Å². The lowest BCUT2D eigenvalue weighted by Gasteiger charge is -2.16. The summed E-state index contributed by atoms with van der Waals surface area (Å²) in [6, 6.07) is 6.77. The zero-order valence-corrected chi connectivity index (χ0v) is 19.0. The molecule has 2 N–H and O–H groups in total. The minimum atomic E-state index is -0.306. The van der Waals surface area contributed by atoms with E-state index in [1.807, 2.05) is 6.07 Å². The van der Waals surface area contributed by atoms with Crippen molar-refractivity contribution in [3.8, 4) is 5.75 Å². The largest absolute Gasteiger partial charge is 0.490 e. The summed E-state index contributed by atoms with van der Waals surface area (Å²) in [4.78, 5) is 22.5. The van der Waals surface area contributed by atoms with Gasteiger partial charge in [0, 0.05) is 17.9 Å². The molecular formula is C23H28FN5O2S. The molecule has 2 fully saturated rings. The molecule has 1 saturated carbocycles. The van der Waals surface area contributed by atoms with Gasteiger partial charge in [-0.2, -0.15) is 0 Å². The van der Waals surface area contributed by atoms with Crippen LogP contribution in [0.3, 0.4) is 0 Å². The van der Waals surface area contributed by atoms with Crippen LogP contribution < -0.4 is 20.3 Å². The number of nitrogens with one attached hydrogen (secondary N) is 2. The maximum Gasteiger partial charge on any atom is 0.329 e. The van der Waals surface area contributed by atoms with E-state index in [1.54, 1.807) is 18.3 Å². The Morgan fingerprint density at radius 2 is 2.19 bits per heavy atom. The van der Waals surface area contributed by atoms with Crippen LogP contribution in [0.15, 0.2) is 30.5 Å². The first-order chi connectivity index (χ1) is 15.5. The molecule has 2 aromatic rings. The first kappa shape index (κ1) is 22.5. The van der Waals surface area contributed by atoms with E-state index in [-0.39, 0.29) is 17.9 Å². The molecule has 2 heterocycles. The number of unbranched alkanes of at least 4 members (excludes halogenated alkanes) is 1. The molecule has 1 atom stereocenters. The Labute approximate surface area is 192 Å². The van der Waals surface area contributed by atoms with Crippen LogP contribution in [0.2, 0.25) is 0 Å². The predicted octanol–water partition coefficient (Wildman–Crippen LogP) is 3.94. The highest BCUT2D eigenvalue weighted by atomic mass is 32.1. The fourth-order valence-electron chi connectivity index (χ4n) is 3.52. The van der Waals surface area contributed by atoms with Crippen LogP contribution in [0.1, 0.15) is 49.9 Å². The molecule has 0 unspecified atom stereocenters. The molecule has 0 radical (unpaired) electrons. The molecule has 0 spiro atoms. The van der Waals surface area contributed by atoms with Crippen LogP contribution in [0, 0.1) is 11.7 Å². The van der Waals surface area contributed by atoms with Crippen molar-refractivity contribution < 1.29 is 13.9 Å². The van der Waals surface area contributed by atoms with Crippen LogP contribution in [0.4, 0.5) is 15.1 Å². The number of benzene rings is 1. The zero-order valence-electron chi connectivity index (χ0n) is 18.1. The second-order valence-electron chi connectivity index (χ2n) is 8.36. The number of hydrogen-bond acceptors (Lipinski definition) is 6. The van der Waals surface area contributed by atoms with Crippen molar-refractivity contribution in [3.63, 3.8) is 0 Å². The van der Waals surface area contributed by atoms with E-state index in [0.717, 1.165) is 37.1 Å². The third-order valence-electron chi connectivity index (χ3n) is 5.67. The van der Waals surface area contributed by atoms with Crippen molar-refractivity contribution in [1.29, 1.82) is 0 Å².